The molecule has 0 radical (unpaired) electrons. The lowest BCUT2D eigenvalue weighted by Crippen LogP contribution is -2.37. The van der Waals surface area contributed by atoms with Crippen LogP contribution in [0.5, 0.6) is 5.75 Å². The van der Waals surface area contributed by atoms with Crippen LogP contribution in [0.25, 0.3) is 0 Å². The number of aryl methyl sites for hydroxylation is 2. The fourth-order valence-electron chi connectivity index (χ4n) is 5.16. The predicted octanol–water partition coefficient (Wildman–Crippen LogP) is 5.64. The number of ether oxygens (including phenoxy) is 1. The Kier molecular flexibility index (Phi) is 7.99. The Morgan fingerprint density at radius 2 is 1.93 bits per heavy atom. The van der Waals surface area contributed by atoms with Crippen LogP contribution in [0.4, 0.5) is 11.4 Å². The van der Waals surface area contributed by atoms with Gasteiger partial charge in [0.15, 0.2) is 0 Å². The van der Waals surface area contributed by atoms with Crippen molar-refractivity contribution < 1.29 is 18.7 Å². The number of carbonyl (C=O) groups excluding carboxylic acids is 2. The first-order valence-corrected chi connectivity index (χ1v) is 14.0. The molecule has 8 nitrogen and oxygen atoms in total. The molecule has 1 aromatic heterocycles. The maximum atomic E-state index is 13.7. The number of nitriles is 1. The number of allylic oxidation sites excluding steroid dienone is 2. The zero-order valence-corrected chi connectivity index (χ0v) is 23.4. The van der Waals surface area contributed by atoms with E-state index in [1.54, 1.807) is 31.2 Å². The quantitative estimate of drug-likeness (QED) is 0.389. The minimum atomic E-state index is -0.747. The second kappa shape index (κ2) is 11.8. The number of amides is 2. The van der Waals surface area contributed by atoms with E-state index in [-0.39, 0.29) is 17.6 Å². The van der Waals surface area contributed by atoms with Gasteiger partial charge in [-0.15, -0.1) is 0 Å². The molecule has 2 aliphatic rings. The molecule has 0 saturated carbocycles. The second-order valence-corrected chi connectivity index (χ2v) is 10.6. The van der Waals surface area contributed by atoms with Crippen LogP contribution in [-0.4, -0.2) is 31.2 Å². The molecule has 1 atom stereocenters. The number of methoxy groups -OCH3 is 1. The lowest BCUT2D eigenvalue weighted by molar-refractivity contribution is -0.116. The van der Waals surface area contributed by atoms with Crippen LogP contribution >= 0.6 is 11.8 Å². The molecule has 2 N–H and O–H groups in total. The van der Waals surface area contributed by atoms with Crippen molar-refractivity contribution in [3.8, 4) is 11.8 Å². The highest BCUT2D eigenvalue weighted by molar-refractivity contribution is 8.03. The van der Waals surface area contributed by atoms with Crippen LogP contribution in [0, 0.1) is 18.3 Å². The molecule has 2 amide bonds. The Hall–Kier alpha value is -4.42. The Morgan fingerprint density at radius 3 is 2.67 bits per heavy atom. The first-order chi connectivity index (χ1) is 19.4. The van der Waals surface area contributed by atoms with E-state index in [4.69, 9.17) is 9.15 Å². The molecular formula is C31H30N4O4S. The monoisotopic (exact) mass is 554 g/mol. The van der Waals surface area contributed by atoms with E-state index in [1.165, 1.54) is 18.9 Å². The smallest absolute Gasteiger partial charge is 0.254 e. The largest absolute Gasteiger partial charge is 0.495 e. The summed E-state index contributed by atoms with van der Waals surface area (Å²) in [5.74, 6) is 0.649. The van der Waals surface area contributed by atoms with Crippen molar-refractivity contribution in [2.24, 2.45) is 0 Å². The first kappa shape index (κ1) is 27.2. The SMILES string of the molecule is COc1ccccc1NC(=O)C1=C(C)NC(SCC(=O)N2CCCc3ccccc32)=C(C#N)[C@@H]1c1ccc(C)o1. The van der Waals surface area contributed by atoms with Crippen LogP contribution in [-0.2, 0) is 16.0 Å². The van der Waals surface area contributed by atoms with Crippen molar-refractivity contribution in [1.29, 1.82) is 5.26 Å². The van der Waals surface area contributed by atoms with Crippen molar-refractivity contribution in [3.05, 3.63) is 99.6 Å². The van der Waals surface area contributed by atoms with Gasteiger partial charge in [0.25, 0.3) is 5.91 Å². The maximum Gasteiger partial charge on any atom is 0.254 e. The van der Waals surface area contributed by atoms with Gasteiger partial charge in [-0.3, -0.25) is 9.59 Å². The van der Waals surface area contributed by atoms with Crippen LogP contribution in [0.3, 0.4) is 0 Å². The van der Waals surface area contributed by atoms with Gasteiger partial charge in [0.1, 0.15) is 17.3 Å². The Labute approximate surface area is 237 Å². The number of benzene rings is 2. The molecule has 9 heteroatoms. The Balaban J connectivity index is 1.44. The summed E-state index contributed by atoms with van der Waals surface area (Å²) in [4.78, 5) is 28.8. The summed E-state index contributed by atoms with van der Waals surface area (Å²) in [7, 11) is 1.54. The number of hydrogen-bond donors (Lipinski definition) is 2. The van der Waals surface area contributed by atoms with E-state index in [0.717, 1.165) is 24.1 Å². The minimum absolute atomic E-state index is 0.0320. The third-order valence-electron chi connectivity index (χ3n) is 7.04. The van der Waals surface area contributed by atoms with Crippen molar-refractivity contribution in [2.45, 2.75) is 32.6 Å². The van der Waals surface area contributed by atoms with Gasteiger partial charge in [-0.2, -0.15) is 5.26 Å². The fraction of sp³-hybridized carbons (Fsp3) is 0.258. The molecule has 40 heavy (non-hydrogen) atoms. The number of carbonyl (C=O) groups is 2. The lowest BCUT2D eigenvalue weighted by atomic mass is 9.85. The minimum Gasteiger partial charge on any atom is -0.495 e. The van der Waals surface area contributed by atoms with E-state index in [9.17, 15) is 14.9 Å². The number of hydrogen-bond acceptors (Lipinski definition) is 7. The van der Waals surface area contributed by atoms with Crippen LogP contribution in [0.1, 0.15) is 36.3 Å². The second-order valence-electron chi connectivity index (χ2n) is 9.62. The summed E-state index contributed by atoms with van der Waals surface area (Å²) in [5, 5.41) is 17.0. The van der Waals surface area contributed by atoms with Crippen molar-refractivity contribution in [1.82, 2.24) is 5.32 Å². The number of dihydropyridines is 1. The van der Waals surface area contributed by atoms with Crippen LogP contribution in [0.15, 0.2) is 87.0 Å². The third-order valence-corrected chi connectivity index (χ3v) is 8.05. The normalized spacial score (nSPS) is 16.6. The van der Waals surface area contributed by atoms with Gasteiger partial charge in [-0.05, 0) is 62.6 Å². The predicted molar refractivity (Wildman–Crippen MR) is 156 cm³/mol. The molecule has 2 aliphatic heterocycles. The van der Waals surface area contributed by atoms with E-state index in [0.29, 0.717) is 51.4 Å². The van der Waals surface area contributed by atoms with Crippen LogP contribution < -0.4 is 20.3 Å². The number of rotatable bonds is 7. The molecule has 5 rings (SSSR count). The van der Waals surface area contributed by atoms with Crippen molar-refractivity contribution in [3.63, 3.8) is 0 Å². The molecule has 0 bridgehead atoms. The van der Waals surface area contributed by atoms with Crippen LogP contribution in [0.2, 0.25) is 0 Å². The van der Waals surface area contributed by atoms with E-state index >= 15 is 0 Å². The maximum absolute atomic E-state index is 13.7. The molecule has 2 aromatic carbocycles. The summed E-state index contributed by atoms with van der Waals surface area (Å²) in [6, 6.07) is 21.0. The number of thioether (sulfide) groups is 1. The number of fused-ring (bicyclic) bond motifs is 1. The van der Waals surface area contributed by atoms with Gasteiger partial charge in [-0.25, -0.2) is 0 Å². The average Bonchev–Trinajstić information content (AvgIpc) is 3.41. The topological polar surface area (TPSA) is 108 Å². The summed E-state index contributed by atoms with van der Waals surface area (Å²) in [5.41, 5.74) is 3.88. The molecule has 0 spiro atoms. The van der Waals surface area contributed by atoms with Gasteiger partial charge in [-0.1, -0.05) is 42.1 Å². The average molecular weight is 555 g/mol. The molecule has 3 aromatic rings. The standard InChI is InChI=1S/C31H30N4O4S/c1-19-14-15-26(39-19)29-22(17-32)31(40-18-27(36)35-16-8-10-21-9-4-6-12-24(21)35)33-20(2)28(29)30(37)34-23-11-5-7-13-25(23)38-3/h4-7,9,11-15,29,33H,8,10,16,18H2,1-3H3,(H,34,37)/t29-/m1/s1. The zero-order chi connectivity index (χ0) is 28.2. The van der Waals surface area contributed by atoms with Gasteiger partial charge in [0, 0.05) is 17.9 Å². The Morgan fingerprint density at radius 1 is 1.15 bits per heavy atom. The van der Waals surface area contributed by atoms with E-state index in [1.807, 2.05) is 42.2 Å². The number of nitrogens with zero attached hydrogens (tertiary/aromatic N) is 2. The van der Waals surface area contributed by atoms with Crippen molar-refractivity contribution in [2.75, 3.05) is 29.6 Å². The molecule has 204 valence electrons. The number of anilines is 2. The zero-order valence-electron chi connectivity index (χ0n) is 22.6. The third kappa shape index (κ3) is 5.36. The highest BCUT2D eigenvalue weighted by Gasteiger charge is 2.37. The molecule has 0 fully saturated rings. The van der Waals surface area contributed by atoms with E-state index < -0.39 is 5.92 Å². The summed E-state index contributed by atoms with van der Waals surface area (Å²) >= 11 is 1.27. The fourth-order valence-corrected chi connectivity index (χ4v) is 6.13. The number of furan rings is 1. The summed E-state index contributed by atoms with van der Waals surface area (Å²) in [6.45, 7) is 4.27. The van der Waals surface area contributed by atoms with Gasteiger partial charge in [0.2, 0.25) is 5.91 Å². The summed E-state index contributed by atoms with van der Waals surface area (Å²) < 4.78 is 11.3. The molecule has 0 aliphatic carbocycles. The molecule has 3 heterocycles. The Bertz CT molecular complexity index is 1560. The number of nitrogens with one attached hydrogen (secondary N) is 2. The van der Waals surface area contributed by atoms with E-state index in [2.05, 4.69) is 22.8 Å². The highest BCUT2D eigenvalue weighted by Crippen LogP contribution is 2.42. The first-order valence-electron chi connectivity index (χ1n) is 13.0. The van der Waals surface area contributed by atoms with Gasteiger partial charge in [0.05, 0.1) is 46.7 Å². The summed E-state index contributed by atoms with van der Waals surface area (Å²) in [6.07, 6.45) is 1.86. The van der Waals surface area contributed by atoms with Gasteiger partial charge < -0.3 is 24.7 Å². The van der Waals surface area contributed by atoms with Crippen molar-refractivity contribution >= 4 is 35.0 Å². The lowest BCUT2D eigenvalue weighted by Gasteiger charge is -2.31. The number of para-hydroxylation sites is 3. The molecule has 0 unspecified atom stereocenters. The highest BCUT2D eigenvalue weighted by atomic mass is 32.2. The molecule has 0 saturated heterocycles. The molecular weight excluding hydrogens is 524 g/mol. The van der Waals surface area contributed by atoms with Gasteiger partial charge >= 0.3 is 0 Å².